The standard InChI is InChI=1S/C29H36Cl2N4O7S2/c1-29(2,3)42-25(38)11-9-18-13-20(31)22(14-19(18)30)43-16-24(37)33-27-21-10-8-17(26(28(39)40)34(21)44(27)41)7-6-12-35(4,5)15-23(32)36/h6-7,9,11,13-14,21,27H,8,10,12,15-16H2,1-5H3,(H3-,32,33,36,37,39,40)/t21-,27-,44?/m1/s1. The third-order valence-corrected chi connectivity index (χ3v) is 10.0. The number of nitrogens with zero attached hydrogens (tertiary/aromatic N) is 2. The van der Waals surface area contributed by atoms with E-state index >= 15 is 0 Å². The molecule has 15 heteroatoms. The lowest BCUT2D eigenvalue weighted by Crippen LogP contribution is -2.71. The van der Waals surface area contributed by atoms with Crippen molar-refractivity contribution in [2.24, 2.45) is 5.73 Å². The minimum atomic E-state index is -1.82. The maximum absolute atomic E-state index is 13.1. The van der Waals surface area contributed by atoms with E-state index in [1.165, 1.54) is 16.5 Å². The lowest BCUT2D eigenvalue weighted by Gasteiger charge is -2.51. The number of allylic oxidation sites excluding steroid dienone is 2. The number of hydrogen-bond donors (Lipinski definition) is 2. The lowest BCUT2D eigenvalue weighted by molar-refractivity contribution is -0.876. The number of amides is 2. The van der Waals surface area contributed by atoms with Crippen LogP contribution in [0, 0.1) is 0 Å². The van der Waals surface area contributed by atoms with E-state index in [0.29, 0.717) is 45.5 Å². The predicted molar refractivity (Wildman–Crippen MR) is 169 cm³/mol. The summed E-state index contributed by atoms with van der Waals surface area (Å²) in [4.78, 5) is 48.6. The zero-order chi connectivity index (χ0) is 33.0. The van der Waals surface area contributed by atoms with Crippen molar-refractivity contribution in [3.8, 4) is 0 Å². The molecule has 0 radical (unpaired) electrons. The number of nitrogens with two attached hydrogens (primary N) is 1. The molecule has 2 aliphatic heterocycles. The van der Waals surface area contributed by atoms with Crippen LogP contribution in [0.15, 0.2) is 46.5 Å². The van der Waals surface area contributed by atoms with Gasteiger partial charge in [-0.2, -0.15) is 4.31 Å². The van der Waals surface area contributed by atoms with E-state index < -0.39 is 52.1 Å². The summed E-state index contributed by atoms with van der Waals surface area (Å²) in [7, 11) is 3.64. The number of likely N-dealkylation sites (N-methyl/N-ethyl adjacent to an activating group) is 1. The van der Waals surface area contributed by atoms with E-state index in [1.807, 2.05) is 14.1 Å². The molecular formula is C29H36Cl2N4O7S2. The van der Waals surface area contributed by atoms with Crippen molar-refractivity contribution in [3.63, 3.8) is 0 Å². The van der Waals surface area contributed by atoms with Gasteiger partial charge in [0, 0.05) is 16.0 Å². The Morgan fingerprint density at radius 3 is 2.50 bits per heavy atom. The van der Waals surface area contributed by atoms with Gasteiger partial charge in [-0.1, -0.05) is 29.3 Å². The second kappa shape index (κ2) is 14.6. The van der Waals surface area contributed by atoms with Gasteiger partial charge in [-0.05, 0) is 69.0 Å². The average molecular weight is 688 g/mol. The van der Waals surface area contributed by atoms with Crippen molar-refractivity contribution in [2.45, 2.75) is 55.5 Å². The van der Waals surface area contributed by atoms with Crippen molar-refractivity contribution in [3.05, 3.63) is 57.2 Å². The van der Waals surface area contributed by atoms with E-state index in [2.05, 4.69) is 5.32 Å². The Balaban J connectivity index is 1.60. The molecule has 0 bridgehead atoms. The predicted octanol–water partition coefficient (Wildman–Crippen LogP) is 2.15. The number of carboxylic acids is 1. The molecule has 240 valence electrons. The van der Waals surface area contributed by atoms with Crippen molar-refractivity contribution in [2.75, 3.05) is 32.9 Å². The molecule has 0 aliphatic carbocycles. The molecular weight excluding hydrogens is 651 g/mol. The number of ether oxygens (including phenoxy) is 1. The molecule has 11 nitrogen and oxygen atoms in total. The van der Waals surface area contributed by atoms with Gasteiger partial charge in [0.05, 0.1) is 48.7 Å². The molecule has 2 heterocycles. The zero-order valence-corrected chi connectivity index (χ0v) is 28.2. The van der Waals surface area contributed by atoms with Crippen LogP contribution in [0.1, 0.15) is 39.2 Å². The van der Waals surface area contributed by atoms with Crippen LogP contribution in [0.3, 0.4) is 0 Å². The number of benzene rings is 1. The summed E-state index contributed by atoms with van der Waals surface area (Å²) in [5.74, 6) is -2.89. The van der Waals surface area contributed by atoms with Gasteiger partial charge in [0.2, 0.25) is 11.3 Å². The fourth-order valence-electron chi connectivity index (χ4n) is 4.66. The second-order valence-corrected chi connectivity index (χ2v) is 15.2. The van der Waals surface area contributed by atoms with Gasteiger partial charge < -0.3 is 34.7 Å². The Bertz CT molecular complexity index is 1410. The third kappa shape index (κ3) is 9.66. The Morgan fingerprint density at radius 2 is 1.89 bits per heavy atom. The first-order chi connectivity index (χ1) is 20.4. The summed E-state index contributed by atoms with van der Waals surface area (Å²) < 4.78 is 19.9. The number of carbonyl (C=O) groups is 4. The van der Waals surface area contributed by atoms with Gasteiger partial charge in [0.1, 0.15) is 17.3 Å². The Kier molecular flexibility index (Phi) is 11.9. The summed E-state index contributed by atoms with van der Waals surface area (Å²) in [6.45, 7) is 5.82. The topological polar surface area (TPSA) is 165 Å². The summed E-state index contributed by atoms with van der Waals surface area (Å²) >= 11 is 12.1. The largest absolute Gasteiger partial charge is 0.591 e. The highest BCUT2D eigenvalue weighted by molar-refractivity contribution is 8.00. The number of halogens is 2. The van der Waals surface area contributed by atoms with Crippen LogP contribution in [0.25, 0.3) is 6.08 Å². The van der Waals surface area contributed by atoms with Crippen molar-refractivity contribution in [1.29, 1.82) is 0 Å². The number of hydrogen-bond acceptors (Lipinski definition) is 9. The number of fused-ring (bicyclic) bond motifs is 1. The molecule has 1 unspecified atom stereocenters. The Labute approximate surface area is 274 Å². The van der Waals surface area contributed by atoms with Gasteiger partial charge in [-0.3, -0.25) is 9.59 Å². The minimum absolute atomic E-state index is 0.0555. The molecule has 0 saturated carbocycles. The van der Waals surface area contributed by atoms with Gasteiger partial charge in [-0.15, -0.1) is 11.8 Å². The molecule has 1 saturated heterocycles. The number of nitrogens with one attached hydrogen (secondary N) is 1. The highest BCUT2D eigenvalue weighted by atomic mass is 35.5. The number of primary amides is 1. The Hall–Kier alpha value is -2.68. The van der Waals surface area contributed by atoms with Crippen LogP contribution >= 0.6 is 35.0 Å². The summed E-state index contributed by atoms with van der Waals surface area (Å²) in [6.07, 6.45) is 7.00. The molecule has 0 spiro atoms. The first kappa shape index (κ1) is 35.8. The number of thioether (sulfide) groups is 1. The number of carboxylic acid groups (broad SMARTS) is 1. The normalized spacial score (nSPS) is 20.5. The highest BCUT2D eigenvalue weighted by Gasteiger charge is 2.57. The number of rotatable bonds is 12. The van der Waals surface area contributed by atoms with Gasteiger partial charge in [0.25, 0.3) is 5.91 Å². The number of quaternary nitrogens is 1. The quantitative estimate of drug-likeness (QED) is 0.110. The molecule has 0 aromatic heterocycles. The first-order valence-electron chi connectivity index (χ1n) is 13.6. The van der Waals surface area contributed by atoms with Crippen molar-refractivity contribution in [1.82, 2.24) is 9.62 Å². The third-order valence-electron chi connectivity index (χ3n) is 6.51. The first-order valence-corrected chi connectivity index (χ1v) is 16.5. The summed E-state index contributed by atoms with van der Waals surface area (Å²) in [6, 6.07) is 2.69. The maximum atomic E-state index is 13.1. The van der Waals surface area contributed by atoms with E-state index in [-0.39, 0.29) is 22.5 Å². The molecule has 44 heavy (non-hydrogen) atoms. The zero-order valence-electron chi connectivity index (χ0n) is 25.1. The van der Waals surface area contributed by atoms with Crippen LogP contribution in [-0.2, 0) is 35.3 Å². The van der Waals surface area contributed by atoms with Crippen molar-refractivity contribution < 1.29 is 38.1 Å². The summed E-state index contributed by atoms with van der Waals surface area (Å²) in [5, 5.41) is 14.7. The average Bonchev–Trinajstić information content (AvgIpc) is 2.88. The van der Waals surface area contributed by atoms with Gasteiger partial charge >= 0.3 is 5.97 Å². The molecule has 3 N–H and O–H groups in total. The lowest BCUT2D eigenvalue weighted by atomic mass is 9.96. The smallest absolute Gasteiger partial charge is 0.331 e. The maximum Gasteiger partial charge on any atom is 0.331 e. The molecule has 3 rings (SSSR count). The Morgan fingerprint density at radius 1 is 1.20 bits per heavy atom. The molecule has 3 atom stereocenters. The van der Waals surface area contributed by atoms with Crippen LogP contribution in [0.2, 0.25) is 10.0 Å². The van der Waals surface area contributed by atoms with E-state index in [1.54, 1.807) is 45.1 Å². The molecule has 1 fully saturated rings. The monoisotopic (exact) mass is 686 g/mol. The number of esters is 1. The van der Waals surface area contributed by atoms with E-state index in [0.717, 1.165) is 11.8 Å². The highest BCUT2D eigenvalue weighted by Crippen LogP contribution is 2.42. The minimum Gasteiger partial charge on any atom is -0.591 e. The van der Waals surface area contributed by atoms with Crippen molar-refractivity contribution >= 4 is 76.2 Å². The SMILES string of the molecule is CC(C)(C)OC(=O)C=Cc1cc(Cl)c(SCC(=O)N[C@H]2[C@H]3CCC(C=CC[N+](C)(C)CC(N)=O)=C(C(=O)[O-])N3[S+]2[O-])cc1Cl. The second-order valence-electron chi connectivity index (χ2n) is 12.0. The fourth-order valence-corrected chi connectivity index (χ4v) is 7.72. The van der Waals surface area contributed by atoms with Crippen LogP contribution < -0.4 is 16.2 Å². The van der Waals surface area contributed by atoms with E-state index in [9.17, 15) is 28.8 Å². The van der Waals surface area contributed by atoms with Gasteiger partial charge in [-0.25, -0.2) is 4.79 Å². The summed E-state index contributed by atoms with van der Waals surface area (Å²) in [5.41, 5.74) is 5.44. The molecule has 1 aromatic rings. The fraction of sp³-hybridized carbons (Fsp3) is 0.448. The number of carbonyl (C=O) groups excluding carboxylic acids is 4. The molecule has 1 aromatic carbocycles. The number of aliphatic carboxylic acids is 1. The van der Waals surface area contributed by atoms with Crippen LogP contribution in [-0.4, -0.2) is 87.0 Å². The molecule has 2 aliphatic rings. The van der Waals surface area contributed by atoms with Crippen LogP contribution in [0.5, 0.6) is 0 Å². The van der Waals surface area contributed by atoms with Crippen LogP contribution in [0.4, 0.5) is 0 Å². The molecule has 2 amide bonds. The van der Waals surface area contributed by atoms with Gasteiger partial charge in [0.15, 0.2) is 6.54 Å². The van der Waals surface area contributed by atoms with E-state index in [4.69, 9.17) is 33.7 Å².